The van der Waals surface area contributed by atoms with Gasteiger partial charge in [0.15, 0.2) is 23.0 Å². The fourth-order valence-electron chi connectivity index (χ4n) is 5.37. The molecule has 6 N–H and O–H groups in total. The largest absolute Gasteiger partial charge is 0.504 e. The molecule has 3 heterocycles. The Balaban J connectivity index is 1.36. The molecule has 2 aromatic carbocycles. The van der Waals surface area contributed by atoms with Crippen molar-refractivity contribution in [2.45, 2.75) is 48.5 Å². The minimum absolute atomic E-state index is 0.00294. The summed E-state index contributed by atoms with van der Waals surface area (Å²) in [5, 5.41) is 61.3. The van der Waals surface area contributed by atoms with Crippen LogP contribution in [-0.2, 0) is 14.2 Å². The summed E-state index contributed by atoms with van der Waals surface area (Å²) < 4.78 is 33.9. The molecule has 0 saturated carbocycles. The van der Waals surface area contributed by atoms with Crippen LogP contribution in [0.5, 0.6) is 23.0 Å². The third-order valence-corrected chi connectivity index (χ3v) is 7.51. The number of aliphatic hydroxyl groups is 5. The summed E-state index contributed by atoms with van der Waals surface area (Å²) >= 11 is 0. The maximum Gasteiger partial charge on any atom is 0.229 e. The third-order valence-electron chi connectivity index (χ3n) is 7.51. The molecule has 2 aromatic rings. The highest BCUT2D eigenvalue weighted by Gasteiger charge is 2.59. The second-order valence-electron chi connectivity index (χ2n) is 9.70. The Bertz CT molecular complexity index is 1140. The van der Waals surface area contributed by atoms with Crippen molar-refractivity contribution in [3.8, 4) is 23.0 Å². The fourth-order valence-corrected chi connectivity index (χ4v) is 5.37. The first-order valence-electron chi connectivity index (χ1n) is 12.2. The van der Waals surface area contributed by atoms with Crippen molar-refractivity contribution in [2.75, 3.05) is 34.0 Å². The van der Waals surface area contributed by atoms with E-state index >= 15 is 0 Å². The van der Waals surface area contributed by atoms with Crippen molar-refractivity contribution in [2.24, 2.45) is 5.92 Å². The van der Waals surface area contributed by atoms with Crippen LogP contribution in [0.15, 0.2) is 36.4 Å². The molecule has 0 aromatic heterocycles. The number of benzene rings is 2. The average molecular weight is 537 g/mol. The highest BCUT2D eigenvalue weighted by molar-refractivity contribution is 5.46. The van der Waals surface area contributed by atoms with E-state index in [0.717, 1.165) is 5.56 Å². The van der Waals surface area contributed by atoms with Crippen LogP contribution in [0.1, 0.15) is 23.3 Å². The number of aliphatic hydroxyl groups excluding tert-OH is 4. The summed E-state index contributed by atoms with van der Waals surface area (Å²) in [5.74, 6) is 0.324. The SMILES string of the molecule is COc1cc(C2OCC3(O)C(c4ccc(O[C@@H]5O[C@H](CO)[C@@H](O)[C@@H](O)[C@H]5O)c(OC)c4)OCC23)ccc1O. The molecule has 208 valence electrons. The molecule has 3 aliphatic rings. The minimum atomic E-state index is -1.59. The van der Waals surface area contributed by atoms with Crippen LogP contribution < -0.4 is 14.2 Å². The number of hydrogen-bond acceptors (Lipinski definition) is 12. The first kappa shape index (κ1) is 26.9. The van der Waals surface area contributed by atoms with Crippen LogP contribution in [-0.4, -0.2) is 101 Å². The lowest BCUT2D eigenvalue weighted by Crippen LogP contribution is -2.60. The van der Waals surface area contributed by atoms with Gasteiger partial charge >= 0.3 is 0 Å². The van der Waals surface area contributed by atoms with Crippen LogP contribution in [0.2, 0.25) is 0 Å². The predicted octanol–water partition coefficient (Wildman–Crippen LogP) is -0.222. The maximum atomic E-state index is 11.7. The van der Waals surface area contributed by atoms with E-state index in [2.05, 4.69) is 0 Å². The number of phenols is 1. The quantitative estimate of drug-likeness (QED) is 0.275. The Morgan fingerprint density at radius 1 is 0.895 bits per heavy atom. The van der Waals surface area contributed by atoms with Crippen LogP contribution in [0, 0.1) is 5.92 Å². The number of rotatable bonds is 7. The summed E-state index contributed by atoms with van der Waals surface area (Å²) in [6.07, 6.45) is -8.39. The normalized spacial score (nSPS) is 36.6. The smallest absolute Gasteiger partial charge is 0.229 e. The summed E-state index contributed by atoms with van der Waals surface area (Å²) in [5.41, 5.74) is -0.00769. The molecule has 0 amide bonds. The predicted molar refractivity (Wildman–Crippen MR) is 128 cm³/mol. The molecule has 12 nitrogen and oxygen atoms in total. The van der Waals surface area contributed by atoms with Gasteiger partial charge in [0.2, 0.25) is 6.29 Å². The van der Waals surface area contributed by atoms with Gasteiger partial charge in [-0.25, -0.2) is 0 Å². The molecule has 3 fully saturated rings. The van der Waals surface area contributed by atoms with Gasteiger partial charge in [-0.3, -0.25) is 0 Å². The van der Waals surface area contributed by atoms with Gasteiger partial charge < -0.3 is 59.1 Å². The molecule has 38 heavy (non-hydrogen) atoms. The van der Waals surface area contributed by atoms with Crippen molar-refractivity contribution >= 4 is 0 Å². The van der Waals surface area contributed by atoms with Gasteiger partial charge in [-0.15, -0.1) is 0 Å². The molecule has 3 aliphatic heterocycles. The van der Waals surface area contributed by atoms with Crippen molar-refractivity contribution in [3.63, 3.8) is 0 Å². The van der Waals surface area contributed by atoms with E-state index in [1.165, 1.54) is 20.3 Å². The first-order chi connectivity index (χ1) is 18.2. The Morgan fingerprint density at radius 3 is 2.32 bits per heavy atom. The Kier molecular flexibility index (Phi) is 7.42. The average Bonchev–Trinajstić information content (AvgIpc) is 3.43. The lowest BCUT2D eigenvalue weighted by atomic mass is 9.81. The second-order valence-corrected chi connectivity index (χ2v) is 9.70. The Labute approximate surface area is 218 Å². The number of phenolic OH excluding ortho intramolecular Hbond substituents is 1. The molecular weight excluding hydrogens is 504 g/mol. The summed E-state index contributed by atoms with van der Waals surface area (Å²) in [4.78, 5) is 0. The standard InChI is InChI=1S/C26H32O12/c1-33-17-7-12(3-5-15(17)28)23-14-10-35-24(26(14,32)11-36-23)13-4-6-16(18(8-13)34-2)37-25-22(31)21(30)20(29)19(9-27)38-25/h3-8,14,19-25,27-32H,9-11H2,1-2H3/t14?,19-,20-,21-,22-,23?,24?,25-,26?/m1/s1. The maximum absolute atomic E-state index is 11.7. The highest BCUT2D eigenvalue weighted by atomic mass is 16.7. The topological polar surface area (TPSA) is 177 Å². The molecule has 0 bridgehead atoms. The highest BCUT2D eigenvalue weighted by Crippen LogP contribution is 2.54. The fraction of sp³-hybridized carbons (Fsp3) is 0.538. The van der Waals surface area contributed by atoms with Gasteiger partial charge in [0.05, 0.1) is 40.1 Å². The lowest BCUT2D eigenvalue weighted by molar-refractivity contribution is -0.277. The molecule has 12 heteroatoms. The lowest BCUT2D eigenvalue weighted by Gasteiger charge is -2.39. The molecule has 0 radical (unpaired) electrons. The zero-order valence-electron chi connectivity index (χ0n) is 20.8. The zero-order chi connectivity index (χ0) is 27.2. The van der Waals surface area contributed by atoms with Gasteiger partial charge in [-0.1, -0.05) is 12.1 Å². The van der Waals surface area contributed by atoms with Crippen molar-refractivity contribution in [1.82, 2.24) is 0 Å². The number of hydrogen-bond donors (Lipinski definition) is 6. The van der Waals surface area contributed by atoms with Gasteiger partial charge in [-0.2, -0.15) is 0 Å². The van der Waals surface area contributed by atoms with Gasteiger partial charge in [-0.05, 0) is 35.4 Å². The first-order valence-corrected chi connectivity index (χ1v) is 12.2. The van der Waals surface area contributed by atoms with Gasteiger partial charge in [0.25, 0.3) is 0 Å². The van der Waals surface area contributed by atoms with Crippen molar-refractivity contribution in [3.05, 3.63) is 47.5 Å². The monoisotopic (exact) mass is 536 g/mol. The molecule has 4 unspecified atom stereocenters. The van der Waals surface area contributed by atoms with Crippen molar-refractivity contribution < 1.29 is 59.1 Å². The van der Waals surface area contributed by atoms with E-state index in [4.69, 9.17) is 28.4 Å². The van der Waals surface area contributed by atoms with E-state index in [1.807, 2.05) is 0 Å². The van der Waals surface area contributed by atoms with Crippen LogP contribution in [0.3, 0.4) is 0 Å². The van der Waals surface area contributed by atoms with Crippen LogP contribution >= 0.6 is 0 Å². The molecule has 0 aliphatic carbocycles. The number of aromatic hydroxyl groups is 1. The Morgan fingerprint density at radius 2 is 1.61 bits per heavy atom. The molecule has 9 atom stereocenters. The van der Waals surface area contributed by atoms with Crippen LogP contribution in [0.4, 0.5) is 0 Å². The molecule has 3 saturated heterocycles. The van der Waals surface area contributed by atoms with E-state index < -0.39 is 61.0 Å². The second kappa shape index (κ2) is 10.5. The van der Waals surface area contributed by atoms with Gasteiger partial charge in [0.1, 0.15) is 36.1 Å². The third kappa shape index (κ3) is 4.46. The molecule has 0 spiro atoms. The van der Waals surface area contributed by atoms with E-state index in [0.29, 0.717) is 11.3 Å². The Hall–Kier alpha value is -2.68. The summed E-state index contributed by atoms with van der Waals surface area (Å²) in [6.45, 7) is -0.346. The number of ether oxygens (including phenoxy) is 6. The molecule has 5 rings (SSSR count). The minimum Gasteiger partial charge on any atom is -0.504 e. The van der Waals surface area contributed by atoms with E-state index in [9.17, 15) is 30.6 Å². The number of methoxy groups -OCH3 is 2. The molecular formula is C26H32O12. The van der Waals surface area contributed by atoms with Crippen molar-refractivity contribution in [1.29, 1.82) is 0 Å². The summed E-state index contributed by atoms with van der Waals surface area (Å²) in [7, 11) is 2.87. The van der Waals surface area contributed by atoms with Gasteiger partial charge in [0, 0.05) is 5.92 Å². The van der Waals surface area contributed by atoms with E-state index in [-0.39, 0.29) is 30.5 Å². The summed E-state index contributed by atoms with van der Waals surface area (Å²) in [6, 6.07) is 9.75. The van der Waals surface area contributed by atoms with Crippen LogP contribution in [0.25, 0.3) is 0 Å². The number of fused-ring (bicyclic) bond motifs is 1. The van der Waals surface area contributed by atoms with E-state index in [1.54, 1.807) is 30.3 Å². The zero-order valence-corrected chi connectivity index (χ0v) is 20.8.